The smallest absolute Gasteiger partial charge is 0.337 e. The van der Waals surface area contributed by atoms with Gasteiger partial charge in [-0.1, -0.05) is 19.9 Å². The molecule has 3 heterocycles. The number of cyclic esters (lactones) is 1. The second kappa shape index (κ2) is 6.87. The molecule has 4 rings (SSSR count). The third-order valence-electron chi connectivity index (χ3n) is 5.01. The Balaban J connectivity index is 1.87. The highest BCUT2D eigenvalue weighted by Gasteiger charge is 2.46. The maximum Gasteiger partial charge on any atom is 0.337 e. The number of ether oxygens (including phenoxy) is 2. The molecule has 0 bridgehead atoms. The highest BCUT2D eigenvalue weighted by molar-refractivity contribution is 9.10. The van der Waals surface area contributed by atoms with Crippen molar-refractivity contribution in [2.24, 2.45) is 5.92 Å². The minimum atomic E-state index is -0.589. The number of Topliss-reactive ketones (excluding diaryl/α,β-unsaturated/α-hetero) is 1. The van der Waals surface area contributed by atoms with Crippen molar-refractivity contribution >= 4 is 27.7 Å². The van der Waals surface area contributed by atoms with E-state index in [0.29, 0.717) is 40.4 Å². The van der Waals surface area contributed by atoms with Crippen LogP contribution in [0.5, 0.6) is 0 Å². The summed E-state index contributed by atoms with van der Waals surface area (Å²) in [6, 6.07) is 4.56. The molecule has 27 heavy (non-hydrogen) atoms. The van der Waals surface area contributed by atoms with Gasteiger partial charge in [-0.2, -0.15) is 0 Å². The van der Waals surface area contributed by atoms with Gasteiger partial charge in [0.15, 0.2) is 5.78 Å². The fourth-order valence-corrected chi connectivity index (χ4v) is 4.29. The average molecular weight is 436 g/mol. The molecule has 2 atom stereocenters. The Labute approximate surface area is 164 Å². The van der Waals surface area contributed by atoms with Crippen molar-refractivity contribution in [1.82, 2.24) is 5.32 Å². The van der Waals surface area contributed by atoms with E-state index in [4.69, 9.17) is 9.47 Å². The molecular weight excluding hydrogens is 417 g/mol. The molecule has 0 spiro atoms. The predicted octanol–water partition coefficient (Wildman–Crippen LogP) is 3.35. The molecule has 1 aromatic carbocycles. The monoisotopic (exact) mass is 435 g/mol. The number of halogens is 2. The number of dihydropyridines is 1. The Morgan fingerprint density at radius 3 is 2.74 bits per heavy atom. The molecule has 7 heteroatoms. The number of rotatable bonds is 3. The van der Waals surface area contributed by atoms with Gasteiger partial charge in [0.25, 0.3) is 0 Å². The lowest BCUT2D eigenvalue weighted by molar-refractivity contribution is -0.140. The van der Waals surface area contributed by atoms with Crippen molar-refractivity contribution in [3.8, 4) is 0 Å². The summed E-state index contributed by atoms with van der Waals surface area (Å²) in [5.74, 6) is -1.27. The Morgan fingerprint density at radius 1 is 1.26 bits per heavy atom. The predicted molar refractivity (Wildman–Crippen MR) is 99.2 cm³/mol. The quantitative estimate of drug-likeness (QED) is 0.737. The van der Waals surface area contributed by atoms with Gasteiger partial charge in [0.05, 0.1) is 22.3 Å². The van der Waals surface area contributed by atoms with Crippen LogP contribution in [0.15, 0.2) is 45.2 Å². The van der Waals surface area contributed by atoms with Crippen LogP contribution < -0.4 is 5.32 Å². The van der Waals surface area contributed by atoms with Crippen molar-refractivity contribution in [2.45, 2.75) is 32.3 Å². The van der Waals surface area contributed by atoms with Gasteiger partial charge in [0, 0.05) is 17.2 Å². The summed E-state index contributed by atoms with van der Waals surface area (Å²) in [7, 11) is 0. The van der Waals surface area contributed by atoms with Crippen LogP contribution >= 0.6 is 15.9 Å². The average Bonchev–Trinajstić information content (AvgIpc) is 2.91. The molecule has 0 saturated heterocycles. The number of carbonyl (C=O) groups excluding carboxylic acids is 2. The number of carbonyl (C=O) groups is 2. The van der Waals surface area contributed by atoms with Gasteiger partial charge in [-0.25, -0.2) is 9.18 Å². The van der Waals surface area contributed by atoms with E-state index in [1.165, 1.54) is 6.07 Å². The van der Waals surface area contributed by atoms with E-state index in [-0.39, 0.29) is 29.6 Å². The van der Waals surface area contributed by atoms with Crippen molar-refractivity contribution in [1.29, 1.82) is 0 Å². The molecule has 1 N–H and O–H groups in total. The lowest BCUT2D eigenvalue weighted by Crippen LogP contribution is -2.38. The van der Waals surface area contributed by atoms with Gasteiger partial charge >= 0.3 is 5.97 Å². The molecule has 3 aliphatic rings. The number of hydrogen-bond acceptors (Lipinski definition) is 5. The Kier molecular flexibility index (Phi) is 4.68. The van der Waals surface area contributed by atoms with Crippen LogP contribution in [0.2, 0.25) is 0 Å². The molecule has 142 valence electrons. The maximum absolute atomic E-state index is 13.8. The molecule has 5 nitrogen and oxygen atoms in total. The van der Waals surface area contributed by atoms with E-state index in [9.17, 15) is 14.0 Å². The number of ketones is 1. The maximum atomic E-state index is 13.8. The summed E-state index contributed by atoms with van der Waals surface area (Å²) in [4.78, 5) is 25.4. The summed E-state index contributed by atoms with van der Waals surface area (Å²) >= 11 is 3.20. The first-order valence-corrected chi connectivity index (χ1v) is 9.67. The largest absolute Gasteiger partial charge is 0.452 e. The third-order valence-corrected chi connectivity index (χ3v) is 5.62. The lowest BCUT2D eigenvalue weighted by atomic mass is 9.78. The highest BCUT2D eigenvalue weighted by atomic mass is 79.9. The normalized spacial score (nSPS) is 24.8. The summed E-state index contributed by atoms with van der Waals surface area (Å²) < 4.78 is 25.1. The fourth-order valence-electron chi connectivity index (χ4n) is 3.89. The van der Waals surface area contributed by atoms with E-state index >= 15 is 0 Å². The van der Waals surface area contributed by atoms with Crippen LogP contribution in [0.25, 0.3) is 0 Å². The molecule has 0 fully saturated rings. The SMILES string of the molecule is CC(C)C[C@H]1OC(=O)C2=C1NC1=C(C(=O)COC1)[C@H]2c1ccc(F)c(Br)c1. The number of nitrogens with one attached hydrogen (secondary N) is 1. The van der Waals surface area contributed by atoms with Gasteiger partial charge in [-0.05, 0) is 46.0 Å². The van der Waals surface area contributed by atoms with Crippen molar-refractivity contribution in [3.05, 3.63) is 56.6 Å². The summed E-state index contributed by atoms with van der Waals surface area (Å²) in [5.41, 5.74) is 2.95. The first kappa shape index (κ1) is 18.4. The lowest BCUT2D eigenvalue weighted by Gasteiger charge is -2.33. The minimum absolute atomic E-state index is 0.0353. The Hall–Kier alpha value is -1.99. The molecule has 0 amide bonds. The zero-order valence-corrected chi connectivity index (χ0v) is 16.6. The fraction of sp³-hybridized carbons (Fsp3) is 0.400. The summed E-state index contributed by atoms with van der Waals surface area (Å²) in [6.45, 7) is 4.34. The van der Waals surface area contributed by atoms with E-state index in [0.717, 1.165) is 0 Å². The van der Waals surface area contributed by atoms with Gasteiger partial charge in [0.2, 0.25) is 0 Å². The minimum Gasteiger partial charge on any atom is -0.452 e. The van der Waals surface area contributed by atoms with Gasteiger partial charge < -0.3 is 14.8 Å². The first-order valence-electron chi connectivity index (χ1n) is 8.87. The Bertz CT molecular complexity index is 905. The van der Waals surface area contributed by atoms with Gasteiger partial charge in [-0.15, -0.1) is 0 Å². The zero-order chi connectivity index (χ0) is 19.3. The molecular formula is C20H19BrFNO4. The number of benzene rings is 1. The van der Waals surface area contributed by atoms with Crippen LogP contribution in [-0.4, -0.2) is 31.1 Å². The molecule has 0 aromatic heterocycles. The van der Waals surface area contributed by atoms with Crippen LogP contribution in [0.4, 0.5) is 4.39 Å². The molecule has 0 saturated carbocycles. The van der Waals surface area contributed by atoms with Crippen molar-refractivity contribution in [2.75, 3.05) is 13.2 Å². The second-order valence-electron chi connectivity index (χ2n) is 7.39. The van der Waals surface area contributed by atoms with Crippen LogP contribution in [0, 0.1) is 11.7 Å². The standard InChI is InChI=1S/C20H19BrFNO4/c1-9(2)5-15-19-18(20(25)27-15)16(10-3-4-12(22)11(21)6-10)17-13(23-19)7-26-8-14(17)24/h3-4,6,9,15-16,23H,5,7-8H2,1-2H3/t15-,16-/m1/s1. The summed E-state index contributed by atoms with van der Waals surface area (Å²) in [5, 5.41) is 3.24. The molecule has 3 aliphatic heterocycles. The first-order chi connectivity index (χ1) is 12.9. The van der Waals surface area contributed by atoms with Crippen molar-refractivity contribution < 1.29 is 23.5 Å². The molecule has 0 unspecified atom stereocenters. The van der Waals surface area contributed by atoms with E-state index in [1.807, 2.05) is 0 Å². The van der Waals surface area contributed by atoms with E-state index in [2.05, 4.69) is 35.1 Å². The molecule has 0 aliphatic carbocycles. The molecule has 0 radical (unpaired) electrons. The zero-order valence-electron chi connectivity index (χ0n) is 15.0. The highest BCUT2D eigenvalue weighted by Crippen LogP contribution is 2.45. The summed E-state index contributed by atoms with van der Waals surface area (Å²) in [6.07, 6.45) is 0.291. The number of hydrogen-bond donors (Lipinski definition) is 1. The van der Waals surface area contributed by atoms with Gasteiger partial charge in [-0.3, -0.25) is 4.79 Å². The second-order valence-corrected chi connectivity index (χ2v) is 8.24. The topological polar surface area (TPSA) is 64.6 Å². The number of esters is 1. The van der Waals surface area contributed by atoms with Crippen LogP contribution in [-0.2, 0) is 19.1 Å². The van der Waals surface area contributed by atoms with Crippen LogP contribution in [0.3, 0.4) is 0 Å². The third kappa shape index (κ3) is 3.12. The van der Waals surface area contributed by atoms with E-state index in [1.54, 1.807) is 12.1 Å². The molecule has 1 aromatic rings. The van der Waals surface area contributed by atoms with Gasteiger partial charge in [0.1, 0.15) is 18.5 Å². The van der Waals surface area contributed by atoms with E-state index < -0.39 is 17.7 Å². The Morgan fingerprint density at radius 2 is 2.04 bits per heavy atom. The van der Waals surface area contributed by atoms with Crippen LogP contribution in [0.1, 0.15) is 31.7 Å². The van der Waals surface area contributed by atoms with Crippen molar-refractivity contribution in [3.63, 3.8) is 0 Å².